The molecule has 120 valence electrons. The lowest BCUT2D eigenvalue weighted by atomic mass is 10.1. The predicted molar refractivity (Wildman–Crippen MR) is 81.2 cm³/mol. The largest absolute Gasteiger partial charge is 0.389 e. The molecule has 0 fully saturated rings. The zero-order valence-corrected chi connectivity index (χ0v) is 13.6. The number of hydrogen-bond acceptors (Lipinski definition) is 4. The SMILES string of the molecule is CC(C)COCC(O)CNC(=O)c1cnn(C(C)(C)C)c1. The van der Waals surface area contributed by atoms with Crippen LogP contribution in [-0.2, 0) is 10.3 Å². The molecule has 1 heterocycles. The minimum atomic E-state index is -0.703. The van der Waals surface area contributed by atoms with Crippen LogP contribution < -0.4 is 5.32 Å². The van der Waals surface area contributed by atoms with Gasteiger partial charge in [-0.1, -0.05) is 13.8 Å². The van der Waals surface area contributed by atoms with Gasteiger partial charge in [-0.2, -0.15) is 5.10 Å². The molecule has 6 nitrogen and oxygen atoms in total. The summed E-state index contributed by atoms with van der Waals surface area (Å²) in [7, 11) is 0. The van der Waals surface area contributed by atoms with Gasteiger partial charge < -0.3 is 15.2 Å². The Morgan fingerprint density at radius 2 is 2.10 bits per heavy atom. The highest BCUT2D eigenvalue weighted by atomic mass is 16.5. The number of nitrogens with zero attached hydrogens (tertiary/aromatic N) is 2. The molecule has 1 amide bonds. The molecule has 0 aliphatic rings. The second-order valence-corrected chi connectivity index (χ2v) is 6.64. The van der Waals surface area contributed by atoms with E-state index < -0.39 is 6.10 Å². The fourth-order valence-electron chi connectivity index (χ4n) is 1.62. The highest BCUT2D eigenvalue weighted by Crippen LogP contribution is 2.13. The van der Waals surface area contributed by atoms with Crippen molar-refractivity contribution in [2.24, 2.45) is 5.92 Å². The van der Waals surface area contributed by atoms with E-state index in [0.717, 1.165) is 0 Å². The molecule has 0 spiro atoms. The normalized spacial score (nSPS) is 13.5. The molecule has 0 aromatic carbocycles. The Morgan fingerprint density at radius 1 is 1.43 bits per heavy atom. The minimum Gasteiger partial charge on any atom is -0.389 e. The fraction of sp³-hybridized carbons (Fsp3) is 0.733. The zero-order valence-electron chi connectivity index (χ0n) is 13.6. The van der Waals surface area contributed by atoms with Gasteiger partial charge in [0.2, 0.25) is 0 Å². The molecule has 1 aromatic rings. The van der Waals surface area contributed by atoms with Gasteiger partial charge in [0, 0.05) is 19.3 Å². The molecule has 0 aliphatic carbocycles. The average Bonchev–Trinajstić information content (AvgIpc) is 2.84. The smallest absolute Gasteiger partial charge is 0.254 e. The molecule has 1 unspecified atom stereocenters. The molecule has 0 radical (unpaired) electrons. The number of aliphatic hydroxyl groups excluding tert-OH is 1. The number of rotatable bonds is 7. The lowest BCUT2D eigenvalue weighted by Gasteiger charge is -2.18. The number of amides is 1. The summed E-state index contributed by atoms with van der Waals surface area (Å²) in [6.45, 7) is 11.1. The molecule has 0 saturated carbocycles. The average molecular weight is 297 g/mol. The highest BCUT2D eigenvalue weighted by Gasteiger charge is 2.17. The maximum atomic E-state index is 12.0. The molecule has 6 heteroatoms. The van der Waals surface area contributed by atoms with E-state index in [1.54, 1.807) is 10.9 Å². The second kappa shape index (κ2) is 7.56. The van der Waals surface area contributed by atoms with Crippen LogP contribution in [-0.4, -0.2) is 46.7 Å². The number of carbonyl (C=O) groups is 1. The van der Waals surface area contributed by atoms with Crippen molar-refractivity contribution in [2.45, 2.75) is 46.3 Å². The van der Waals surface area contributed by atoms with E-state index in [9.17, 15) is 9.90 Å². The highest BCUT2D eigenvalue weighted by molar-refractivity contribution is 5.93. The van der Waals surface area contributed by atoms with Crippen LogP contribution in [0.25, 0.3) is 0 Å². The molecular formula is C15H27N3O3. The molecule has 21 heavy (non-hydrogen) atoms. The van der Waals surface area contributed by atoms with Crippen LogP contribution in [0.5, 0.6) is 0 Å². The van der Waals surface area contributed by atoms with E-state index >= 15 is 0 Å². The number of aromatic nitrogens is 2. The Labute approximate surface area is 126 Å². The Kier molecular flexibility index (Phi) is 6.36. The van der Waals surface area contributed by atoms with Crippen molar-refractivity contribution in [2.75, 3.05) is 19.8 Å². The van der Waals surface area contributed by atoms with Crippen molar-refractivity contribution >= 4 is 5.91 Å². The molecule has 0 saturated heterocycles. The summed E-state index contributed by atoms with van der Waals surface area (Å²) in [5.74, 6) is 0.184. The monoisotopic (exact) mass is 297 g/mol. The van der Waals surface area contributed by atoms with Crippen LogP contribution in [0.15, 0.2) is 12.4 Å². The van der Waals surface area contributed by atoms with Gasteiger partial charge in [-0.05, 0) is 26.7 Å². The second-order valence-electron chi connectivity index (χ2n) is 6.64. The minimum absolute atomic E-state index is 0.164. The van der Waals surface area contributed by atoms with Crippen molar-refractivity contribution in [1.82, 2.24) is 15.1 Å². The summed E-state index contributed by atoms with van der Waals surface area (Å²) in [6, 6.07) is 0. The number of carbonyl (C=O) groups excluding carboxylic acids is 1. The van der Waals surface area contributed by atoms with Gasteiger partial charge in [-0.25, -0.2) is 0 Å². The molecule has 1 atom stereocenters. The maximum Gasteiger partial charge on any atom is 0.254 e. The first-order valence-electron chi connectivity index (χ1n) is 7.29. The van der Waals surface area contributed by atoms with Crippen LogP contribution in [0.2, 0.25) is 0 Å². The van der Waals surface area contributed by atoms with Crippen LogP contribution in [0, 0.1) is 5.92 Å². The summed E-state index contributed by atoms with van der Waals surface area (Å²) in [6.07, 6.45) is 2.53. The van der Waals surface area contributed by atoms with Crippen LogP contribution in [0.3, 0.4) is 0 Å². The lowest BCUT2D eigenvalue weighted by molar-refractivity contribution is 0.0259. The topological polar surface area (TPSA) is 76.4 Å². The first-order chi connectivity index (χ1) is 9.70. The van der Waals surface area contributed by atoms with Crippen molar-refractivity contribution < 1.29 is 14.6 Å². The zero-order chi connectivity index (χ0) is 16.0. The van der Waals surface area contributed by atoms with E-state index in [1.165, 1.54) is 6.20 Å². The first-order valence-corrected chi connectivity index (χ1v) is 7.29. The molecule has 2 N–H and O–H groups in total. The Bertz CT molecular complexity index is 449. The van der Waals surface area contributed by atoms with E-state index in [0.29, 0.717) is 18.1 Å². The molecule has 0 aliphatic heterocycles. The van der Waals surface area contributed by atoms with Crippen molar-refractivity contribution in [3.05, 3.63) is 18.0 Å². The third-order valence-electron chi connectivity index (χ3n) is 2.79. The molecule has 1 rings (SSSR count). The van der Waals surface area contributed by atoms with Crippen molar-refractivity contribution in [1.29, 1.82) is 0 Å². The van der Waals surface area contributed by atoms with E-state index in [1.807, 2.05) is 34.6 Å². The van der Waals surface area contributed by atoms with Gasteiger partial charge in [0.15, 0.2) is 0 Å². The van der Waals surface area contributed by atoms with Gasteiger partial charge >= 0.3 is 0 Å². The number of aliphatic hydroxyl groups is 1. The van der Waals surface area contributed by atoms with Crippen molar-refractivity contribution in [3.63, 3.8) is 0 Å². The number of ether oxygens (including phenoxy) is 1. The summed E-state index contributed by atoms with van der Waals surface area (Å²) in [5.41, 5.74) is 0.322. The van der Waals surface area contributed by atoms with Gasteiger partial charge in [-0.3, -0.25) is 9.48 Å². The quantitative estimate of drug-likeness (QED) is 0.797. The first kappa shape index (κ1) is 17.7. The number of hydrogen-bond donors (Lipinski definition) is 2. The van der Waals surface area contributed by atoms with Gasteiger partial charge in [0.1, 0.15) is 0 Å². The Morgan fingerprint density at radius 3 is 2.62 bits per heavy atom. The van der Waals surface area contributed by atoms with E-state index in [4.69, 9.17) is 4.74 Å². The Balaban J connectivity index is 2.38. The summed E-state index contributed by atoms with van der Waals surface area (Å²) >= 11 is 0. The standard InChI is InChI=1S/C15H27N3O3/c1-11(2)9-21-10-13(19)7-16-14(20)12-6-17-18(8-12)15(3,4)5/h6,8,11,13,19H,7,9-10H2,1-5H3,(H,16,20). The Hall–Kier alpha value is -1.40. The molecule has 1 aromatic heterocycles. The fourth-order valence-corrected chi connectivity index (χ4v) is 1.62. The van der Waals surface area contributed by atoms with Crippen LogP contribution >= 0.6 is 0 Å². The van der Waals surface area contributed by atoms with Gasteiger partial charge in [0.25, 0.3) is 5.91 Å². The van der Waals surface area contributed by atoms with Crippen LogP contribution in [0.1, 0.15) is 45.0 Å². The van der Waals surface area contributed by atoms with Crippen molar-refractivity contribution in [3.8, 4) is 0 Å². The van der Waals surface area contributed by atoms with E-state index in [-0.39, 0.29) is 24.6 Å². The lowest BCUT2D eigenvalue weighted by Crippen LogP contribution is -2.34. The van der Waals surface area contributed by atoms with E-state index in [2.05, 4.69) is 10.4 Å². The third-order valence-corrected chi connectivity index (χ3v) is 2.79. The number of nitrogens with one attached hydrogen (secondary N) is 1. The van der Waals surface area contributed by atoms with Gasteiger partial charge in [-0.15, -0.1) is 0 Å². The summed E-state index contributed by atoms with van der Waals surface area (Å²) in [5, 5.41) is 16.6. The molecule has 0 bridgehead atoms. The maximum absolute atomic E-state index is 12.0. The third kappa shape index (κ3) is 6.27. The van der Waals surface area contributed by atoms with Gasteiger partial charge in [0.05, 0.1) is 30.0 Å². The predicted octanol–water partition coefficient (Wildman–Crippen LogP) is 1.40. The van der Waals surface area contributed by atoms with Crippen LogP contribution in [0.4, 0.5) is 0 Å². The molecular weight excluding hydrogens is 270 g/mol. The summed E-state index contributed by atoms with van der Waals surface area (Å²) in [4.78, 5) is 12.0. The summed E-state index contributed by atoms with van der Waals surface area (Å²) < 4.78 is 7.07.